The number of halogens is 1. The van der Waals surface area contributed by atoms with Crippen molar-refractivity contribution in [3.05, 3.63) is 119 Å². The minimum Gasteiger partial charge on any atom is -0.449 e. The molecule has 0 unspecified atom stereocenters. The van der Waals surface area contributed by atoms with Gasteiger partial charge in [0.2, 0.25) is 0 Å². The van der Waals surface area contributed by atoms with Gasteiger partial charge in [-0.15, -0.1) is 0 Å². The van der Waals surface area contributed by atoms with Gasteiger partial charge in [0.05, 0.1) is 13.2 Å². The van der Waals surface area contributed by atoms with E-state index >= 15 is 0 Å². The lowest BCUT2D eigenvalue weighted by Crippen LogP contribution is -2.49. The van der Waals surface area contributed by atoms with Crippen LogP contribution in [0, 0.1) is 41.3 Å². The van der Waals surface area contributed by atoms with Gasteiger partial charge in [-0.2, -0.15) is 0 Å². The van der Waals surface area contributed by atoms with Crippen LogP contribution in [0.25, 0.3) is 0 Å². The van der Waals surface area contributed by atoms with E-state index in [-0.39, 0.29) is 30.1 Å². The van der Waals surface area contributed by atoms with Crippen LogP contribution < -0.4 is 9.80 Å². The van der Waals surface area contributed by atoms with Gasteiger partial charge in [-0.1, -0.05) is 60.8 Å². The maximum atomic E-state index is 13.2. The molecule has 0 radical (unpaired) electrons. The average molecular weight is 655 g/mol. The molecule has 8 nitrogen and oxygen atoms in total. The van der Waals surface area contributed by atoms with E-state index in [1.54, 1.807) is 40.4 Å². The van der Waals surface area contributed by atoms with Gasteiger partial charge in [-0.3, -0.25) is 9.80 Å². The Morgan fingerprint density at radius 1 is 0.592 bits per heavy atom. The first-order valence-corrected chi connectivity index (χ1v) is 16.7. The van der Waals surface area contributed by atoms with E-state index in [4.69, 9.17) is 9.47 Å². The molecule has 49 heavy (non-hydrogen) atoms. The Hall–Kier alpha value is -5.67. The summed E-state index contributed by atoms with van der Waals surface area (Å²) in [6.07, 6.45) is 9.22. The van der Waals surface area contributed by atoms with Gasteiger partial charge in [-0.05, 0) is 80.3 Å². The van der Waals surface area contributed by atoms with Gasteiger partial charge in [0.25, 0.3) is 0 Å². The Kier molecular flexibility index (Phi) is 9.52. The van der Waals surface area contributed by atoms with Crippen molar-refractivity contribution in [2.45, 2.75) is 50.6 Å². The molecule has 2 saturated carbocycles. The van der Waals surface area contributed by atoms with Crippen LogP contribution in [0.1, 0.15) is 60.8 Å². The quantitative estimate of drug-likeness (QED) is 0.210. The predicted molar refractivity (Wildman–Crippen MR) is 183 cm³/mol. The minimum atomic E-state index is -0.325. The summed E-state index contributed by atoms with van der Waals surface area (Å²) in [6.45, 7) is 1.05. The molecule has 2 aromatic carbocycles. The third-order valence-corrected chi connectivity index (χ3v) is 9.43. The number of carbonyl (C=O) groups is 2. The molecule has 2 saturated heterocycles. The lowest BCUT2D eigenvalue weighted by molar-refractivity contribution is 0.104. The summed E-state index contributed by atoms with van der Waals surface area (Å²) in [5.41, 5.74) is 3.12. The number of anilines is 2. The number of fused-ring (bicyclic) bond motifs is 2. The highest BCUT2D eigenvalue weighted by molar-refractivity contribution is 5.88. The molecule has 4 heterocycles. The van der Waals surface area contributed by atoms with Crippen LogP contribution in [0.5, 0.6) is 0 Å². The first-order valence-electron chi connectivity index (χ1n) is 16.7. The maximum Gasteiger partial charge on any atom is 0.415 e. The van der Waals surface area contributed by atoms with Gasteiger partial charge in [-0.25, -0.2) is 23.9 Å². The van der Waals surface area contributed by atoms with E-state index in [0.717, 1.165) is 49.7 Å². The smallest absolute Gasteiger partial charge is 0.415 e. The van der Waals surface area contributed by atoms with Crippen molar-refractivity contribution in [3.63, 3.8) is 0 Å². The molecule has 2 aliphatic heterocycles. The summed E-state index contributed by atoms with van der Waals surface area (Å²) in [6, 6.07) is 23.8. The van der Waals surface area contributed by atoms with Crippen LogP contribution in [0.4, 0.5) is 25.6 Å². The highest BCUT2D eigenvalue weighted by Crippen LogP contribution is 2.37. The number of hydrogen-bond donors (Lipinski definition) is 0. The predicted octanol–water partition coefficient (Wildman–Crippen LogP) is 7.35. The van der Waals surface area contributed by atoms with Crippen molar-refractivity contribution in [1.29, 1.82) is 0 Å². The maximum absolute atomic E-state index is 13.2. The van der Waals surface area contributed by atoms with Crippen molar-refractivity contribution >= 4 is 23.8 Å². The monoisotopic (exact) mass is 654 g/mol. The second-order valence-corrected chi connectivity index (χ2v) is 12.6. The number of cyclic esters (lactones) is 2. The molecule has 4 aromatic rings. The fraction of sp³-hybridized carbons (Fsp3) is 0.300. The molecule has 8 rings (SSSR count). The number of hydrogen-bond acceptors (Lipinski definition) is 6. The second-order valence-electron chi connectivity index (χ2n) is 12.6. The van der Waals surface area contributed by atoms with Gasteiger partial charge in [0.15, 0.2) is 0 Å². The zero-order valence-corrected chi connectivity index (χ0v) is 26.9. The van der Waals surface area contributed by atoms with Crippen LogP contribution in [0.15, 0.2) is 91.3 Å². The van der Waals surface area contributed by atoms with Crippen molar-refractivity contribution in [2.75, 3.05) is 23.0 Å². The zero-order chi connectivity index (χ0) is 33.6. The Morgan fingerprint density at radius 3 is 1.61 bits per heavy atom. The fourth-order valence-electron chi connectivity index (χ4n) is 6.98. The topological polar surface area (TPSA) is 84.9 Å². The number of amides is 2. The molecule has 246 valence electrons. The summed E-state index contributed by atoms with van der Waals surface area (Å²) in [5, 5.41) is 0. The molecule has 2 amide bonds. The van der Waals surface area contributed by atoms with E-state index in [1.807, 2.05) is 48.5 Å². The van der Waals surface area contributed by atoms with Gasteiger partial charge in [0, 0.05) is 58.6 Å². The number of aromatic nitrogens is 2. The lowest BCUT2D eigenvalue weighted by atomic mass is 10.0. The number of carbonyl (C=O) groups excluding carboxylic acids is 2. The van der Waals surface area contributed by atoms with Crippen molar-refractivity contribution in [1.82, 2.24) is 9.97 Å². The standard InChI is InChI=1S/C20H17FN2O2.C20H18N2O2/c21-17-5-1-3-14(11-17)7-8-15-9-10-19(22-12-15)23-18-6-2-4-16(18)13-25-20(23)24;23-20-22(18-8-4-7-17(18)14-24-20)19-12-11-16(13-21-19)10-9-15-5-2-1-3-6-15/h1,3,5,9-12,16,18H,2,4,6,13H2;1-3,5-6,11-13,17-18H,4,7-8,14H2/t16-,18-;17-,18-/m11/s1. The normalized spacial score (nSPS) is 22.1. The fourth-order valence-corrected chi connectivity index (χ4v) is 6.98. The van der Waals surface area contributed by atoms with E-state index < -0.39 is 0 Å². The second kappa shape index (κ2) is 14.6. The molecule has 4 atom stereocenters. The Bertz CT molecular complexity index is 1930. The van der Waals surface area contributed by atoms with Gasteiger partial charge < -0.3 is 9.47 Å². The van der Waals surface area contributed by atoms with Crippen molar-refractivity contribution < 1.29 is 23.5 Å². The summed E-state index contributed by atoms with van der Waals surface area (Å²) in [5.74, 6) is 13.9. The third kappa shape index (κ3) is 7.42. The third-order valence-electron chi connectivity index (χ3n) is 9.43. The molecule has 0 N–H and O–H groups in total. The van der Waals surface area contributed by atoms with Crippen LogP contribution in [0.3, 0.4) is 0 Å². The molecular weight excluding hydrogens is 619 g/mol. The summed E-state index contributed by atoms with van der Waals surface area (Å²) in [4.78, 5) is 36.6. The first-order chi connectivity index (χ1) is 24.0. The number of pyridine rings is 2. The summed E-state index contributed by atoms with van der Waals surface area (Å²) < 4.78 is 23.8. The Labute approximate surface area is 285 Å². The number of benzene rings is 2. The van der Waals surface area contributed by atoms with Crippen molar-refractivity contribution in [2.24, 2.45) is 11.8 Å². The van der Waals surface area contributed by atoms with Crippen molar-refractivity contribution in [3.8, 4) is 23.7 Å². The van der Waals surface area contributed by atoms with E-state index in [9.17, 15) is 14.0 Å². The lowest BCUT2D eigenvalue weighted by Gasteiger charge is -2.35. The molecule has 4 aliphatic rings. The Morgan fingerprint density at radius 2 is 1.10 bits per heavy atom. The molecular formula is C40H35FN4O4. The van der Waals surface area contributed by atoms with E-state index in [2.05, 4.69) is 33.6 Å². The number of nitrogens with zero attached hydrogens (tertiary/aromatic N) is 4. The summed E-state index contributed by atoms with van der Waals surface area (Å²) >= 11 is 0. The number of rotatable bonds is 2. The van der Waals surface area contributed by atoms with E-state index in [0.29, 0.717) is 47.8 Å². The molecule has 4 fully saturated rings. The van der Waals surface area contributed by atoms with Crippen LogP contribution >= 0.6 is 0 Å². The molecule has 9 heteroatoms. The SMILES string of the molecule is O=C1OC[C@H]2CCC[C@H]2N1c1ccc(C#Cc2cccc(F)c2)cn1.O=C1OC[C@H]2CCC[C@H]2N1c1ccc(C#Cc2ccccc2)cn1. The minimum absolute atomic E-state index is 0.179. The number of ether oxygens (including phenoxy) is 2. The average Bonchev–Trinajstić information content (AvgIpc) is 3.81. The molecule has 2 aliphatic carbocycles. The van der Waals surface area contributed by atoms with Gasteiger partial charge >= 0.3 is 12.2 Å². The first kappa shape index (κ1) is 31.9. The zero-order valence-electron chi connectivity index (χ0n) is 26.9. The molecule has 0 spiro atoms. The largest absolute Gasteiger partial charge is 0.449 e. The highest BCUT2D eigenvalue weighted by Gasteiger charge is 2.42. The van der Waals surface area contributed by atoms with Crippen LogP contribution in [0.2, 0.25) is 0 Å². The summed E-state index contributed by atoms with van der Waals surface area (Å²) in [7, 11) is 0. The molecule has 2 aromatic heterocycles. The van der Waals surface area contributed by atoms with Gasteiger partial charge in [0.1, 0.15) is 17.5 Å². The molecule has 0 bridgehead atoms. The van der Waals surface area contributed by atoms with E-state index in [1.165, 1.54) is 12.1 Å². The highest BCUT2D eigenvalue weighted by atomic mass is 19.1. The Balaban J connectivity index is 0.000000154. The van der Waals surface area contributed by atoms with Crippen LogP contribution in [-0.4, -0.2) is 47.5 Å². The van der Waals surface area contributed by atoms with Crippen LogP contribution in [-0.2, 0) is 9.47 Å².